The maximum Gasteiger partial charge on any atom is 0.311 e. The van der Waals surface area contributed by atoms with E-state index in [1.807, 2.05) is 0 Å². The fourth-order valence-electron chi connectivity index (χ4n) is 3.05. The van der Waals surface area contributed by atoms with Gasteiger partial charge in [0, 0.05) is 25.8 Å². The smallest absolute Gasteiger partial charge is 0.311 e. The molecule has 0 bridgehead atoms. The summed E-state index contributed by atoms with van der Waals surface area (Å²) in [7, 11) is 0. The van der Waals surface area contributed by atoms with Gasteiger partial charge >= 0.3 is 5.97 Å². The first kappa shape index (κ1) is 13.8. The molecule has 104 valence electrons. The zero-order valence-electron chi connectivity index (χ0n) is 11.1. The first-order valence-electron chi connectivity index (χ1n) is 7.27. The van der Waals surface area contributed by atoms with Crippen molar-refractivity contribution in [2.75, 3.05) is 19.8 Å². The Kier molecular flexibility index (Phi) is 5.01. The van der Waals surface area contributed by atoms with Crippen molar-refractivity contribution in [1.29, 1.82) is 0 Å². The van der Waals surface area contributed by atoms with Crippen LogP contribution in [0.1, 0.15) is 51.4 Å². The molecule has 2 rings (SSSR count). The van der Waals surface area contributed by atoms with Gasteiger partial charge in [0.15, 0.2) is 0 Å². The number of nitrogens with one attached hydrogen (secondary N) is 1. The highest BCUT2D eigenvalue weighted by atomic mass is 16.5. The second kappa shape index (κ2) is 6.53. The van der Waals surface area contributed by atoms with Crippen LogP contribution in [-0.2, 0) is 9.53 Å². The Morgan fingerprint density at radius 2 is 1.78 bits per heavy atom. The van der Waals surface area contributed by atoms with Crippen molar-refractivity contribution in [3.63, 3.8) is 0 Å². The maximum absolute atomic E-state index is 11.5. The number of rotatable bonds is 4. The summed E-state index contributed by atoms with van der Waals surface area (Å²) < 4.78 is 5.30. The largest absolute Gasteiger partial charge is 0.481 e. The second-order valence-electron chi connectivity index (χ2n) is 5.77. The van der Waals surface area contributed by atoms with Gasteiger partial charge in [-0.05, 0) is 25.7 Å². The van der Waals surface area contributed by atoms with E-state index in [1.54, 1.807) is 0 Å². The third-order valence-corrected chi connectivity index (χ3v) is 4.49. The van der Waals surface area contributed by atoms with Gasteiger partial charge in [0.2, 0.25) is 0 Å². The Labute approximate surface area is 109 Å². The first-order valence-corrected chi connectivity index (χ1v) is 7.27. The number of aliphatic carboxylic acids is 1. The van der Waals surface area contributed by atoms with Crippen LogP contribution in [0.5, 0.6) is 0 Å². The summed E-state index contributed by atoms with van der Waals surface area (Å²) in [5, 5.41) is 13.0. The minimum Gasteiger partial charge on any atom is -0.481 e. The minimum absolute atomic E-state index is 0.520. The summed E-state index contributed by atoms with van der Waals surface area (Å²) >= 11 is 0. The normalized spacial score (nSPS) is 25.6. The number of carbonyl (C=O) groups is 1. The van der Waals surface area contributed by atoms with E-state index in [4.69, 9.17) is 4.74 Å². The van der Waals surface area contributed by atoms with E-state index in [2.05, 4.69) is 5.32 Å². The van der Waals surface area contributed by atoms with Gasteiger partial charge in [0.05, 0.1) is 5.41 Å². The molecule has 4 nitrogen and oxygen atoms in total. The lowest BCUT2D eigenvalue weighted by atomic mass is 9.80. The lowest BCUT2D eigenvalue weighted by Crippen LogP contribution is -2.47. The molecule has 1 saturated carbocycles. The van der Waals surface area contributed by atoms with Crippen molar-refractivity contribution in [2.24, 2.45) is 5.41 Å². The van der Waals surface area contributed by atoms with Crippen molar-refractivity contribution < 1.29 is 14.6 Å². The molecule has 1 saturated heterocycles. The molecule has 0 radical (unpaired) electrons. The molecule has 0 unspecified atom stereocenters. The zero-order chi connectivity index (χ0) is 12.8. The van der Waals surface area contributed by atoms with Gasteiger partial charge in [-0.2, -0.15) is 0 Å². The highest BCUT2D eigenvalue weighted by Crippen LogP contribution is 2.30. The van der Waals surface area contributed by atoms with Gasteiger partial charge < -0.3 is 15.2 Å². The highest BCUT2D eigenvalue weighted by molar-refractivity contribution is 5.75. The molecular weight excluding hydrogens is 230 g/mol. The zero-order valence-corrected chi connectivity index (χ0v) is 11.1. The molecule has 0 atom stereocenters. The predicted molar refractivity (Wildman–Crippen MR) is 69.6 cm³/mol. The fraction of sp³-hybridized carbons (Fsp3) is 0.929. The Hall–Kier alpha value is -0.610. The molecule has 0 amide bonds. The van der Waals surface area contributed by atoms with Crippen LogP contribution in [0.3, 0.4) is 0 Å². The van der Waals surface area contributed by atoms with Gasteiger partial charge in [-0.15, -0.1) is 0 Å². The van der Waals surface area contributed by atoms with E-state index in [0.29, 0.717) is 38.6 Å². The van der Waals surface area contributed by atoms with Gasteiger partial charge in [-0.1, -0.05) is 25.7 Å². The summed E-state index contributed by atoms with van der Waals surface area (Å²) in [5.74, 6) is -0.660. The van der Waals surface area contributed by atoms with E-state index in [1.165, 1.54) is 38.5 Å². The topological polar surface area (TPSA) is 58.6 Å². The molecule has 0 aromatic carbocycles. The molecule has 0 aromatic heterocycles. The van der Waals surface area contributed by atoms with E-state index < -0.39 is 11.4 Å². The van der Waals surface area contributed by atoms with Crippen LogP contribution in [0, 0.1) is 5.41 Å². The molecule has 0 aromatic rings. The van der Waals surface area contributed by atoms with Crippen LogP contribution in [0.2, 0.25) is 0 Å². The van der Waals surface area contributed by atoms with Crippen LogP contribution in [0.15, 0.2) is 0 Å². The summed E-state index contributed by atoms with van der Waals surface area (Å²) in [6.45, 7) is 1.77. The molecule has 2 N–H and O–H groups in total. The Morgan fingerprint density at radius 3 is 2.33 bits per heavy atom. The quantitative estimate of drug-likeness (QED) is 0.756. The van der Waals surface area contributed by atoms with Crippen molar-refractivity contribution in [3.05, 3.63) is 0 Å². The van der Waals surface area contributed by atoms with E-state index >= 15 is 0 Å². The number of ether oxygens (including phenoxy) is 1. The third-order valence-electron chi connectivity index (χ3n) is 4.49. The second-order valence-corrected chi connectivity index (χ2v) is 5.77. The summed E-state index contributed by atoms with van der Waals surface area (Å²) in [4.78, 5) is 11.5. The highest BCUT2D eigenvalue weighted by Gasteiger charge is 2.40. The standard InChI is InChI=1S/C14H25NO3/c16-13(17)14(7-9-18-10-8-14)11-15-12-5-3-1-2-4-6-12/h12,15H,1-11H2,(H,16,17). The van der Waals surface area contributed by atoms with E-state index in [-0.39, 0.29) is 0 Å². The summed E-state index contributed by atoms with van der Waals surface area (Å²) in [6.07, 6.45) is 8.90. The molecule has 4 heteroatoms. The van der Waals surface area contributed by atoms with Crippen LogP contribution in [0.25, 0.3) is 0 Å². The number of carboxylic acid groups (broad SMARTS) is 1. The lowest BCUT2D eigenvalue weighted by molar-refractivity contribution is -0.154. The maximum atomic E-state index is 11.5. The Balaban J connectivity index is 1.86. The first-order chi connectivity index (χ1) is 8.73. The average Bonchev–Trinajstić information content (AvgIpc) is 2.66. The van der Waals surface area contributed by atoms with E-state index in [9.17, 15) is 9.90 Å². The summed E-state index contributed by atoms with van der Waals surface area (Å²) in [6, 6.07) is 0.520. The molecule has 1 aliphatic carbocycles. The van der Waals surface area contributed by atoms with Gasteiger partial charge in [0.25, 0.3) is 0 Å². The van der Waals surface area contributed by atoms with Gasteiger partial charge in [-0.25, -0.2) is 0 Å². The average molecular weight is 255 g/mol. The fourth-order valence-corrected chi connectivity index (χ4v) is 3.05. The van der Waals surface area contributed by atoms with E-state index in [0.717, 1.165) is 0 Å². The van der Waals surface area contributed by atoms with Crippen molar-refractivity contribution in [3.8, 4) is 0 Å². The van der Waals surface area contributed by atoms with Gasteiger partial charge in [0.1, 0.15) is 0 Å². The molecule has 18 heavy (non-hydrogen) atoms. The van der Waals surface area contributed by atoms with Crippen LogP contribution >= 0.6 is 0 Å². The van der Waals surface area contributed by atoms with Crippen LogP contribution in [-0.4, -0.2) is 36.9 Å². The predicted octanol–water partition coefficient (Wildman–Crippen LogP) is 2.18. The molecule has 1 heterocycles. The Morgan fingerprint density at radius 1 is 1.17 bits per heavy atom. The molecule has 2 aliphatic rings. The monoisotopic (exact) mass is 255 g/mol. The lowest BCUT2D eigenvalue weighted by Gasteiger charge is -2.34. The van der Waals surface area contributed by atoms with Crippen molar-refractivity contribution >= 4 is 5.97 Å². The molecule has 2 fully saturated rings. The van der Waals surface area contributed by atoms with Gasteiger partial charge in [-0.3, -0.25) is 4.79 Å². The Bertz CT molecular complexity index is 266. The molecular formula is C14H25NO3. The molecule has 1 aliphatic heterocycles. The van der Waals surface area contributed by atoms with Crippen LogP contribution in [0.4, 0.5) is 0 Å². The van der Waals surface area contributed by atoms with Crippen molar-refractivity contribution in [2.45, 2.75) is 57.4 Å². The number of hydrogen-bond acceptors (Lipinski definition) is 3. The minimum atomic E-state index is -0.660. The van der Waals surface area contributed by atoms with Crippen LogP contribution < -0.4 is 5.32 Å². The molecule has 0 spiro atoms. The number of carboxylic acids is 1. The summed E-state index contributed by atoms with van der Waals surface area (Å²) in [5.41, 5.74) is -0.593. The number of hydrogen-bond donors (Lipinski definition) is 2. The SMILES string of the molecule is O=C(O)C1(CNC2CCCCCC2)CCOCC1. The van der Waals surface area contributed by atoms with Crippen molar-refractivity contribution in [1.82, 2.24) is 5.32 Å². The third kappa shape index (κ3) is 3.45.